The Morgan fingerprint density at radius 2 is 2.11 bits per heavy atom. The molecule has 0 radical (unpaired) electrons. The van der Waals surface area contributed by atoms with E-state index in [0.29, 0.717) is 0 Å². The van der Waals surface area contributed by atoms with Gasteiger partial charge in [0.25, 0.3) is 0 Å². The average Bonchev–Trinajstić information content (AvgIpc) is 3.13. The predicted molar refractivity (Wildman–Crippen MR) is 79.9 cm³/mol. The van der Waals surface area contributed by atoms with Crippen LogP contribution < -0.4 is 5.32 Å². The van der Waals surface area contributed by atoms with E-state index in [2.05, 4.69) is 46.3 Å². The van der Waals surface area contributed by atoms with Crippen LogP contribution in [0.2, 0.25) is 0 Å². The van der Waals surface area contributed by atoms with Gasteiger partial charge in [-0.05, 0) is 47.5 Å². The van der Waals surface area contributed by atoms with Gasteiger partial charge in [-0.15, -0.1) is 0 Å². The smallest absolute Gasteiger partial charge is 0.0876 e. The summed E-state index contributed by atoms with van der Waals surface area (Å²) in [6.45, 7) is 2.17. The lowest BCUT2D eigenvalue weighted by atomic mass is 10.1. The van der Waals surface area contributed by atoms with Crippen LogP contribution in [0, 0.1) is 0 Å². The van der Waals surface area contributed by atoms with Crippen molar-refractivity contribution in [3.8, 4) is 5.69 Å². The maximum absolute atomic E-state index is 4.30. The fraction of sp³-hybridized carbons (Fsp3) is 0.133. The van der Waals surface area contributed by atoms with Gasteiger partial charge in [0.15, 0.2) is 0 Å². The highest BCUT2D eigenvalue weighted by Crippen LogP contribution is 2.25. The minimum Gasteiger partial charge on any atom is -0.377 e. The number of anilines is 1. The zero-order chi connectivity index (χ0) is 13.1. The highest BCUT2D eigenvalue weighted by atomic mass is 32.1. The first-order chi connectivity index (χ1) is 9.34. The van der Waals surface area contributed by atoms with E-state index in [4.69, 9.17) is 0 Å². The van der Waals surface area contributed by atoms with E-state index in [1.54, 1.807) is 17.5 Å². The largest absolute Gasteiger partial charge is 0.377 e. The minimum atomic E-state index is 0.281. The summed E-state index contributed by atoms with van der Waals surface area (Å²) in [7, 11) is 0. The maximum atomic E-state index is 4.30. The van der Waals surface area contributed by atoms with Crippen molar-refractivity contribution in [2.75, 3.05) is 5.32 Å². The third-order valence-electron chi connectivity index (χ3n) is 3.07. The van der Waals surface area contributed by atoms with Gasteiger partial charge in [0.1, 0.15) is 0 Å². The molecule has 1 unspecified atom stereocenters. The Morgan fingerprint density at radius 3 is 2.84 bits per heavy atom. The SMILES string of the molecule is CC(Nc1ccccc1-n1cccn1)c1ccsc1. The summed E-state index contributed by atoms with van der Waals surface area (Å²) in [5.41, 5.74) is 3.46. The monoisotopic (exact) mass is 269 g/mol. The first kappa shape index (κ1) is 12.0. The van der Waals surface area contributed by atoms with Gasteiger partial charge in [0, 0.05) is 18.4 Å². The molecule has 0 aliphatic heterocycles. The van der Waals surface area contributed by atoms with Crippen LogP contribution in [0.5, 0.6) is 0 Å². The lowest BCUT2D eigenvalue weighted by Crippen LogP contribution is -2.08. The number of aromatic nitrogens is 2. The van der Waals surface area contributed by atoms with Crippen molar-refractivity contribution in [3.05, 3.63) is 65.1 Å². The standard InChI is InChI=1S/C15H15N3S/c1-12(13-7-10-19-11-13)17-14-5-2-3-6-15(14)18-9-4-8-16-18/h2-12,17H,1H3. The van der Waals surface area contributed by atoms with Crippen LogP contribution in [-0.4, -0.2) is 9.78 Å². The zero-order valence-corrected chi connectivity index (χ0v) is 11.5. The Morgan fingerprint density at radius 1 is 1.21 bits per heavy atom. The second-order valence-electron chi connectivity index (χ2n) is 4.39. The quantitative estimate of drug-likeness (QED) is 0.772. The molecule has 4 heteroatoms. The first-order valence-corrected chi connectivity index (χ1v) is 7.16. The molecule has 0 fully saturated rings. The molecule has 96 valence electrons. The second kappa shape index (κ2) is 5.28. The Labute approximate surface area is 116 Å². The van der Waals surface area contributed by atoms with Crippen LogP contribution in [-0.2, 0) is 0 Å². The summed E-state index contributed by atoms with van der Waals surface area (Å²) in [4.78, 5) is 0. The zero-order valence-electron chi connectivity index (χ0n) is 10.7. The van der Waals surface area contributed by atoms with Crippen molar-refractivity contribution in [3.63, 3.8) is 0 Å². The third-order valence-corrected chi connectivity index (χ3v) is 3.77. The molecule has 2 aromatic heterocycles. The summed E-state index contributed by atoms with van der Waals surface area (Å²) in [5.74, 6) is 0. The average molecular weight is 269 g/mol. The van der Waals surface area contributed by atoms with E-state index in [0.717, 1.165) is 11.4 Å². The second-order valence-corrected chi connectivity index (χ2v) is 5.17. The molecular weight excluding hydrogens is 254 g/mol. The summed E-state index contributed by atoms with van der Waals surface area (Å²) in [6.07, 6.45) is 3.74. The summed E-state index contributed by atoms with van der Waals surface area (Å²) in [6, 6.07) is 12.6. The topological polar surface area (TPSA) is 29.9 Å². The number of rotatable bonds is 4. The normalized spacial score (nSPS) is 12.3. The highest BCUT2D eigenvalue weighted by Gasteiger charge is 2.09. The molecular formula is C15H15N3S. The predicted octanol–water partition coefficient (Wildman–Crippen LogP) is 4.11. The number of thiophene rings is 1. The minimum absolute atomic E-state index is 0.281. The van der Waals surface area contributed by atoms with Gasteiger partial charge in [-0.1, -0.05) is 12.1 Å². The Kier molecular flexibility index (Phi) is 3.33. The molecule has 3 rings (SSSR count). The molecule has 19 heavy (non-hydrogen) atoms. The Balaban J connectivity index is 1.89. The van der Waals surface area contributed by atoms with Crippen molar-refractivity contribution in [2.24, 2.45) is 0 Å². The van der Waals surface area contributed by atoms with Crippen LogP contribution in [0.3, 0.4) is 0 Å². The van der Waals surface area contributed by atoms with E-state index < -0.39 is 0 Å². The van der Waals surface area contributed by atoms with E-state index >= 15 is 0 Å². The molecule has 0 bridgehead atoms. The maximum Gasteiger partial charge on any atom is 0.0876 e. The van der Waals surface area contributed by atoms with Gasteiger partial charge in [-0.25, -0.2) is 4.68 Å². The molecule has 0 saturated carbocycles. The molecule has 1 N–H and O–H groups in total. The summed E-state index contributed by atoms with van der Waals surface area (Å²) < 4.78 is 1.88. The molecule has 3 aromatic rings. The molecule has 0 aliphatic carbocycles. The summed E-state index contributed by atoms with van der Waals surface area (Å²) in [5, 5.41) is 12.1. The van der Waals surface area contributed by atoms with Crippen molar-refractivity contribution in [2.45, 2.75) is 13.0 Å². The van der Waals surface area contributed by atoms with Gasteiger partial charge in [0.2, 0.25) is 0 Å². The molecule has 0 spiro atoms. The van der Waals surface area contributed by atoms with Crippen molar-refractivity contribution in [1.82, 2.24) is 9.78 Å². The third kappa shape index (κ3) is 2.53. The van der Waals surface area contributed by atoms with E-state index in [1.165, 1.54) is 5.56 Å². The van der Waals surface area contributed by atoms with Crippen LogP contribution >= 0.6 is 11.3 Å². The molecule has 2 heterocycles. The van der Waals surface area contributed by atoms with Crippen LogP contribution in [0.25, 0.3) is 5.69 Å². The number of nitrogens with one attached hydrogen (secondary N) is 1. The molecule has 0 aliphatic rings. The van der Waals surface area contributed by atoms with E-state index in [9.17, 15) is 0 Å². The molecule has 0 amide bonds. The first-order valence-electron chi connectivity index (χ1n) is 6.22. The van der Waals surface area contributed by atoms with Crippen molar-refractivity contribution < 1.29 is 0 Å². The van der Waals surface area contributed by atoms with Crippen LogP contribution in [0.15, 0.2) is 59.6 Å². The number of para-hydroxylation sites is 2. The fourth-order valence-corrected chi connectivity index (χ4v) is 2.80. The lowest BCUT2D eigenvalue weighted by molar-refractivity contribution is 0.856. The molecule has 1 atom stereocenters. The van der Waals surface area contributed by atoms with E-state index in [1.807, 2.05) is 29.1 Å². The van der Waals surface area contributed by atoms with Gasteiger partial charge < -0.3 is 5.32 Å². The fourth-order valence-electron chi connectivity index (χ4n) is 2.04. The summed E-state index contributed by atoms with van der Waals surface area (Å²) >= 11 is 1.72. The van der Waals surface area contributed by atoms with Crippen molar-refractivity contribution in [1.29, 1.82) is 0 Å². The number of nitrogens with zero attached hydrogens (tertiary/aromatic N) is 2. The number of benzene rings is 1. The van der Waals surface area contributed by atoms with Gasteiger partial charge in [0.05, 0.1) is 11.4 Å². The van der Waals surface area contributed by atoms with Gasteiger partial charge >= 0.3 is 0 Å². The van der Waals surface area contributed by atoms with Gasteiger partial charge in [-0.2, -0.15) is 16.4 Å². The highest BCUT2D eigenvalue weighted by molar-refractivity contribution is 7.07. The van der Waals surface area contributed by atoms with Crippen molar-refractivity contribution >= 4 is 17.0 Å². The lowest BCUT2D eigenvalue weighted by Gasteiger charge is -2.17. The van der Waals surface area contributed by atoms with Gasteiger partial charge in [-0.3, -0.25) is 0 Å². The molecule has 1 aromatic carbocycles. The Hall–Kier alpha value is -2.07. The molecule has 3 nitrogen and oxygen atoms in total. The number of hydrogen-bond acceptors (Lipinski definition) is 3. The van der Waals surface area contributed by atoms with Crippen LogP contribution in [0.1, 0.15) is 18.5 Å². The molecule has 0 saturated heterocycles. The van der Waals surface area contributed by atoms with Crippen LogP contribution in [0.4, 0.5) is 5.69 Å². The van der Waals surface area contributed by atoms with E-state index in [-0.39, 0.29) is 6.04 Å². The Bertz CT molecular complexity index is 629. The number of hydrogen-bond donors (Lipinski definition) is 1.